The van der Waals surface area contributed by atoms with Crippen LogP contribution in [0.25, 0.3) is 10.6 Å². The lowest BCUT2D eigenvalue weighted by molar-refractivity contribution is -0.115. The molecule has 0 radical (unpaired) electrons. The lowest BCUT2D eigenvalue weighted by atomic mass is 10.1. The standard InChI is InChI=1S/C16H13ClFN3OS2/c1-8-15(24-9(2)19-8)13-7-23-16(20-13)21-14(22)6-10-3-4-12(18)11(17)5-10/h3-5,7H,6H2,1-2H3,(H,20,21,22). The SMILES string of the molecule is Cc1nc(C)c(-c2csc(NC(=O)Cc3ccc(F)c(Cl)c3)n2)s1. The highest BCUT2D eigenvalue weighted by molar-refractivity contribution is 7.16. The molecule has 0 aliphatic carbocycles. The van der Waals surface area contributed by atoms with Crippen molar-refractivity contribution in [1.29, 1.82) is 0 Å². The third kappa shape index (κ3) is 3.80. The van der Waals surface area contributed by atoms with E-state index in [0.717, 1.165) is 21.3 Å². The van der Waals surface area contributed by atoms with E-state index in [0.29, 0.717) is 10.7 Å². The quantitative estimate of drug-likeness (QED) is 0.702. The fourth-order valence-corrected chi connectivity index (χ4v) is 4.08. The predicted octanol–water partition coefficient (Wildman–Crippen LogP) is 4.86. The first-order valence-corrected chi connectivity index (χ1v) is 9.13. The molecule has 24 heavy (non-hydrogen) atoms. The molecular formula is C16H13ClFN3OS2. The van der Waals surface area contributed by atoms with Crippen LogP contribution in [0.4, 0.5) is 9.52 Å². The maximum atomic E-state index is 13.1. The number of halogens is 2. The first-order valence-electron chi connectivity index (χ1n) is 7.06. The van der Waals surface area contributed by atoms with Crippen molar-refractivity contribution in [2.75, 3.05) is 5.32 Å². The van der Waals surface area contributed by atoms with Gasteiger partial charge in [0, 0.05) is 5.38 Å². The molecule has 0 bridgehead atoms. The number of benzene rings is 1. The highest BCUT2D eigenvalue weighted by Gasteiger charge is 2.13. The summed E-state index contributed by atoms with van der Waals surface area (Å²) in [4.78, 5) is 21.9. The Kier molecular flexibility index (Phi) is 4.93. The minimum Gasteiger partial charge on any atom is -0.302 e. The van der Waals surface area contributed by atoms with Crippen molar-refractivity contribution < 1.29 is 9.18 Å². The second kappa shape index (κ2) is 6.96. The van der Waals surface area contributed by atoms with Crippen LogP contribution in [0, 0.1) is 19.7 Å². The van der Waals surface area contributed by atoms with E-state index in [1.807, 2.05) is 19.2 Å². The van der Waals surface area contributed by atoms with Gasteiger partial charge in [0.25, 0.3) is 0 Å². The van der Waals surface area contributed by atoms with Crippen LogP contribution in [-0.2, 0) is 11.2 Å². The Morgan fingerprint density at radius 1 is 1.33 bits per heavy atom. The summed E-state index contributed by atoms with van der Waals surface area (Å²) in [5.41, 5.74) is 2.38. The van der Waals surface area contributed by atoms with Crippen molar-refractivity contribution in [1.82, 2.24) is 9.97 Å². The normalized spacial score (nSPS) is 10.8. The Labute approximate surface area is 151 Å². The summed E-state index contributed by atoms with van der Waals surface area (Å²) < 4.78 is 13.1. The molecule has 0 atom stereocenters. The van der Waals surface area contributed by atoms with Gasteiger partial charge in [-0.2, -0.15) is 0 Å². The molecule has 8 heteroatoms. The maximum absolute atomic E-state index is 13.1. The van der Waals surface area contributed by atoms with E-state index in [2.05, 4.69) is 15.3 Å². The minimum atomic E-state index is -0.499. The van der Waals surface area contributed by atoms with Crippen LogP contribution in [0.2, 0.25) is 5.02 Å². The Morgan fingerprint density at radius 3 is 2.79 bits per heavy atom. The molecule has 3 aromatic rings. The molecule has 2 heterocycles. The summed E-state index contributed by atoms with van der Waals surface area (Å²) in [6.07, 6.45) is 0.105. The molecule has 1 amide bonds. The monoisotopic (exact) mass is 381 g/mol. The third-order valence-corrected chi connectivity index (χ3v) is 5.38. The number of thiazole rings is 2. The number of rotatable bonds is 4. The van der Waals surface area contributed by atoms with Crippen molar-refractivity contribution in [3.05, 3.63) is 50.7 Å². The zero-order valence-electron chi connectivity index (χ0n) is 12.9. The van der Waals surface area contributed by atoms with Gasteiger partial charge < -0.3 is 5.32 Å². The summed E-state index contributed by atoms with van der Waals surface area (Å²) in [5, 5.41) is 6.16. The number of hydrogen-bond donors (Lipinski definition) is 1. The van der Waals surface area contributed by atoms with Crippen molar-refractivity contribution in [3.63, 3.8) is 0 Å². The molecule has 1 aromatic carbocycles. The lowest BCUT2D eigenvalue weighted by Gasteiger charge is -2.03. The van der Waals surface area contributed by atoms with E-state index in [-0.39, 0.29) is 17.4 Å². The van der Waals surface area contributed by atoms with Crippen LogP contribution in [-0.4, -0.2) is 15.9 Å². The summed E-state index contributed by atoms with van der Waals surface area (Å²) in [5.74, 6) is -0.726. The number of hydrogen-bond acceptors (Lipinski definition) is 5. The van der Waals surface area contributed by atoms with Gasteiger partial charge in [0.1, 0.15) is 5.82 Å². The Balaban J connectivity index is 1.69. The van der Waals surface area contributed by atoms with Crippen LogP contribution < -0.4 is 5.32 Å². The van der Waals surface area contributed by atoms with E-state index in [4.69, 9.17) is 11.6 Å². The van der Waals surface area contributed by atoms with Crippen LogP contribution in [0.5, 0.6) is 0 Å². The number of carbonyl (C=O) groups is 1. The van der Waals surface area contributed by atoms with Gasteiger partial charge >= 0.3 is 0 Å². The van der Waals surface area contributed by atoms with Gasteiger partial charge in [-0.25, -0.2) is 14.4 Å². The van der Waals surface area contributed by atoms with Gasteiger partial charge in [0.05, 0.1) is 32.7 Å². The van der Waals surface area contributed by atoms with Gasteiger partial charge in [0.2, 0.25) is 5.91 Å². The van der Waals surface area contributed by atoms with Gasteiger partial charge in [-0.05, 0) is 31.5 Å². The first kappa shape index (κ1) is 17.0. The fourth-order valence-electron chi connectivity index (χ4n) is 2.20. The lowest BCUT2D eigenvalue weighted by Crippen LogP contribution is -2.14. The van der Waals surface area contributed by atoms with Crippen molar-refractivity contribution in [2.45, 2.75) is 20.3 Å². The predicted molar refractivity (Wildman–Crippen MR) is 96.4 cm³/mol. The van der Waals surface area contributed by atoms with Gasteiger partial charge in [-0.15, -0.1) is 22.7 Å². The number of carbonyl (C=O) groups excluding carboxylic acids is 1. The van der Waals surface area contributed by atoms with Gasteiger partial charge in [-0.3, -0.25) is 4.79 Å². The molecule has 0 unspecified atom stereocenters. The number of anilines is 1. The Bertz CT molecular complexity index is 907. The fraction of sp³-hybridized carbons (Fsp3) is 0.188. The molecular weight excluding hydrogens is 369 g/mol. The third-order valence-electron chi connectivity index (χ3n) is 3.24. The van der Waals surface area contributed by atoms with Crippen molar-refractivity contribution >= 4 is 45.3 Å². The molecule has 4 nitrogen and oxygen atoms in total. The Morgan fingerprint density at radius 2 is 2.12 bits per heavy atom. The molecule has 0 spiro atoms. The van der Waals surface area contributed by atoms with Crippen molar-refractivity contribution in [3.8, 4) is 10.6 Å². The van der Waals surface area contributed by atoms with E-state index in [1.54, 1.807) is 11.3 Å². The minimum absolute atomic E-state index is 0.00729. The van der Waals surface area contributed by atoms with E-state index < -0.39 is 5.82 Å². The number of aryl methyl sites for hydroxylation is 2. The number of aromatic nitrogens is 2. The van der Waals surface area contributed by atoms with Gasteiger partial charge in [0.15, 0.2) is 5.13 Å². The second-order valence-corrected chi connectivity index (χ2v) is 7.63. The van der Waals surface area contributed by atoms with Crippen LogP contribution in [0.1, 0.15) is 16.3 Å². The highest BCUT2D eigenvalue weighted by Crippen LogP contribution is 2.32. The molecule has 0 aliphatic rings. The van der Waals surface area contributed by atoms with E-state index in [1.165, 1.54) is 29.5 Å². The zero-order chi connectivity index (χ0) is 17.3. The topological polar surface area (TPSA) is 54.9 Å². The molecule has 3 rings (SSSR count). The summed E-state index contributed by atoms with van der Waals surface area (Å²) in [6.45, 7) is 3.89. The molecule has 0 aliphatic heterocycles. The van der Waals surface area contributed by atoms with Crippen LogP contribution in [0.15, 0.2) is 23.6 Å². The highest BCUT2D eigenvalue weighted by atomic mass is 35.5. The molecule has 124 valence electrons. The molecule has 0 fully saturated rings. The second-order valence-electron chi connectivity index (χ2n) is 5.16. The number of nitrogens with one attached hydrogen (secondary N) is 1. The summed E-state index contributed by atoms with van der Waals surface area (Å²) in [6, 6.07) is 4.24. The number of amides is 1. The molecule has 1 N–H and O–H groups in total. The summed E-state index contributed by atoms with van der Waals surface area (Å²) >= 11 is 8.66. The first-order chi connectivity index (χ1) is 11.4. The smallest absolute Gasteiger partial charge is 0.230 e. The van der Waals surface area contributed by atoms with E-state index in [9.17, 15) is 9.18 Å². The van der Waals surface area contributed by atoms with Crippen molar-refractivity contribution in [2.24, 2.45) is 0 Å². The zero-order valence-corrected chi connectivity index (χ0v) is 15.3. The number of nitrogens with zero attached hydrogens (tertiary/aromatic N) is 2. The largest absolute Gasteiger partial charge is 0.302 e. The summed E-state index contributed by atoms with van der Waals surface area (Å²) in [7, 11) is 0. The molecule has 2 aromatic heterocycles. The average Bonchev–Trinajstić information content (AvgIpc) is 3.09. The Hall–Kier alpha value is -1.83. The van der Waals surface area contributed by atoms with Gasteiger partial charge in [-0.1, -0.05) is 17.7 Å². The van der Waals surface area contributed by atoms with Crippen LogP contribution >= 0.6 is 34.3 Å². The molecule has 0 saturated heterocycles. The molecule has 0 saturated carbocycles. The maximum Gasteiger partial charge on any atom is 0.230 e. The van der Waals surface area contributed by atoms with Crippen LogP contribution in [0.3, 0.4) is 0 Å². The van der Waals surface area contributed by atoms with E-state index >= 15 is 0 Å². The average molecular weight is 382 g/mol.